The van der Waals surface area contributed by atoms with E-state index in [0.29, 0.717) is 6.42 Å². The molecule has 0 aromatic carbocycles. The van der Waals surface area contributed by atoms with Crippen LogP contribution >= 0.6 is 0 Å². The van der Waals surface area contributed by atoms with Crippen molar-refractivity contribution in [2.45, 2.75) is 39.8 Å². The van der Waals surface area contributed by atoms with E-state index in [9.17, 15) is 14.0 Å². The quantitative estimate of drug-likeness (QED) is 0.597. The van der Waals surface area contributed by atoms with Crippen molar-refractivity contribution in [1.29, 1.82) is 0 Å². The summed E-state index contributed by atoms with van der Waals surface area (Å²) in [6.45, 7) is 4.97. The van der Waals surface area contributed by atoms with Gasteiger partial charge < -0.3 is 0 Å². The molecule has 0 aromatic rings. The zero-order valence-corrected chi connectivity index (χ0v) is 7.76. The number of halogens is 1. The second-order valence-electron chi connectivity index (χ2n) is 3.14. The van der Waals surface area contributed by atoms with Gasteiger partial charge in [0.05, 0.1) is 0 Å². The third-order valence-corrected chi connectivity index (χ3v) is 1.60. The Bertz CT molecular complexity index is 175. The fraction of sp³-hybridized carbons (Fsp3) is 0.778. The van der Waals surface area contributed by atoms with E-state index in [1.807, 2.05) is 0 Å². The summed E-state index contributed by atoms with van der Waals surface area (Å²) in [5, 5.41) is 0. The molecule has 0 bridgehead atoms. The summed E-state index contributed by atoms with van der Waals surface area (Å²) in [4.78, 5) is 21.9. The summed E-state index contributed by atoms with van der Waals surface area (Å²) in [6.07, 6.45) is -1.16. The van der Waals surface area contributed by atoms with E-state index in [0.717, 1.165) is 0 Å². The number of rotatable bonds is 5. The van der Waals surface area contributed by atoms with Gasteiger partial charge in [-0.3, -0.25) is 9.59 Å². The number of carbonyl (C=O) groups excluding carboxylic acids is 2. The molecule has 3 heteroatoms. The van der Waals surface area contributed by atoms with Gasteiger partial charge in [-0.05, 0) is 6.42 Å². The molecule has 0 aliphatic heterocycles. The van der Waals surface area contributed by atoms with Crippen molar-refractivity contribution in [2.75, 3.05) is 0 Å². The standard InChI is InChI=1S/C9H15FO2/c1-4-5-7(11)8(10)9(12)6(2)3/h6,8H,4-5H2,1-3H3. The largest absolute Gasteiger partial charge is 0.296 e. The highest BCUT2D eigenvalue weighted by Crippen LogP contribution is 2.07. The van der Waals surface area contributed by atoms with Crippen molar-refractivity contribution in [3.8, 4) is 0 Å². The predicted molar refractivity (Wildman–Crippen MR) is 44.7 cm³/mol. The highest BCUT2D eigenvalue weighted by molar-refractivity contribution is 6.05. The third-order valence-electron chi connectivity index (χ3n) is 1.60. The normalized spacial score (nSPS) is 13.1. The minimum absolute atomic E-state index is 0.152. The Balaban J connectivity index is 4.10. The molecule has 0 heterocycles. The molecule has 1 atom stereocenters. The van der Waals surface area contributed by atoms with Gasteiger partial charge in [0.15, 0.2) is 11.6 Å². The average Bonchev–Trinajstić information content (AvgIpc) is 2.02. The Kier molecular flexibility index (Phi) is 4.71. The topological polar surface area (TPSA) is 34.1 Å². The highest BCUT2D eigenvalue weighted by Gasteiger charge is 2.26. The average molecular weight is 174 g/mol. The molecule has 0 spiro atoms. The number of hydrogen-bond donors (Lipinski definition) is 0. The lowest BCUT2D eigenvalue weighted by Crippen LogP contribution is -2.29. The maximum Gasteiger partial charge on any atom is 0.216 e. The second-order valence-corrected chi connectivity index (χ2v) is 3.14. The molecule has 1 unspecified atom stereocenters. The third kappa shape index (κ3) is 3.11. The first-order chi connectivity index (χ1) is 5.50. The molecule has 12 heavy (non-hydrogen) atoms. The van der Waals surface area contributed by atoms with Crippen LogP contribution in [0.5, 0.6) is 0 Å². The zero-order chi connectivity index (χ0) is 9.72. The first-order valence-corrected chi connectivity index (χ1v) is 4.21. The molecule has 0 radical (unpaired) electrons. The fourth-order valence-corrected chi connectivity index (χ4v) is 0.824. The van der Waals surface area contributed by atoms with Crippen LogP contribution in [-0.4, -0.2) is 17.7 Å². The van der Waals surface area contributed by atoms with Crippen molar-refractivity contribution in [1.82, 2.24) is 0 Å². The second kappa shape index (κ2) is 5.01. The molecule has 0 N–H and O–H groups in total. The van der Waals surface area contributed by atoms with E-state index in [1.165, 1.54) is 0 Å². The number of ketones is 2. The number of alkyl halides is 1. The van der Waals surface area contributed by atoms with Gasteiger partial charge >= 0.3 is 0 Å². The van der Waals surface area contributed by atoms with Crippen LogP contribution in [-0.2, 0) is 9.59 Å². The van der Waals surface area contributed by atoms with Crippen LogP contribution in [0.15, 0.2) is 0 Å². The van der Waals surface area contributed by atoms with Gasteiger partial charge in [-0.1, -0.05) is 20.8 Å². The van der Waals surface area contributed by atoms with Crippen molar-refractivity contribution in [3.05, 3.63) is 0 Å². The monoisotopic (exact) mass is 174 g/mol. The highest BCUT2D eigenvalue weighted by atomic mass is 19.1. The van der Waals surface area contributed by atoms with Gasteiger partial charge in [0.25, 0.3) is 0 Å². The summed E-state index contributed by atoms with van der Waals surface area (Å²) in [7, 11) is 0. The zero-order valence-electron chi connectivity index (χ0n) is 7.76. The summed E-state index contributed by atoms with van der Waals surface area (Å²) in [5.41, 5.74) is 0. The molecule has 2 nitrogen and oxygen atoms in total. The van der Waals surface area contributed by atoms with Crippen LogP contribution in [0, 0.1) is 5.92 Å². The number of carbonyl (C=O) groups is 2. The maximum atomic E-state index is 12.9. The van der Waals surface area contributed by atoms with Crippen LogP contribution in [0.25, 0.3) is 0 Å². The van der Waals surface area contributed by atoms with Crippen molar-refractivity contribution in [3.63, 3.8) is 0 Å². The predicted octanol–water partition coefficient (Wildman–Crippen LogP) is 1.92. The van der Waals surface area contributed by atoms with Crippen LogP contribution < -0.4 is 0 Å². The molecule has 0 saturated heterocycles. The van der Waals surface area contributed by atoms with E-state index in [-0.39, 0.29) is 6.42 Å². The first kappa shape index (κ1) is 11.3. The maximum absolute atomic E-state index is 12.9. The van der Waals surface area contributed by atoms with Crippen molar-refractivity contribution in [2.24, 2.45) is 5.92 Å². The van der Waals surface area contributed by atoms with Gasteiger partial charge in [0.1, 0.15) is 0 Å². The van der Waals surface area contributed by atoms with Crippen LogP contribution in [0.1, 0.15) is 33.6 Å². The van der Waals surface area contributed by atoms with Gasteiger partial charge in [-0.25, -0.2) is 4.39 Å². The summed E-state index contributed by atoms with van der Waals surface area (Å²) >= 11 is 0. The number of hydrogen-bond acceptors (Lipinski definition) is 2. The lowest BCUT2D eigenvalue weighted by atomic mass is 10.0. The smallest absolute Gasteiger partial charge is 0.216 e. The Labute approximate surface area is 72.1 Å². The Morgan fingerprint density at radius 1 is 1.33 bits per heavy atom. The van der Waals surface area contributed by atoms with Crippen molar-refractivity contribution < 1.29 is 14.0 Å². The molecule has 70 valence electrons. The van der Waals surface area contributed by atoms with Gasteiger partial charge in [0, 0.05) is 12.3 Å². The van der Waals surface area contributed by atoms with Crippen LogP contribution in [0.3, 0.4) is 0 Å². The van der Waals surface area contributed by atoms with Crippen LogP contribution in [0.2, 0.25) is 0 Å². The SMILES string of the molecule is CCCC(=O)C(F)C(=O)C(C)C. The minimum Gasteiger partial charge on any atom is -0.296 e. The summed E-state index contributed by atoms with van der Waals surface area (Å²) in [6, 6.07) is 0. The molecular formula is C9H15FO2. The van der Waals surface area contributed by atoms with Gasteiger partial charge in [-0.15, -0.1) is 0 Å². The molecule has 0 aromatic heterocycles. The van der Waals surface area contributed by atoms with E-state index in [2.05, 4.69) is 0 Å². The van der Waals surface area contributed by atoms with Crippen LogP contribution in [0.4, 0.5) is 4.39 Å². The van der Waals surface area contributed by atoms with Gasteiger partial charge in [0.2, 0.25) is 6.17 Å². The Hall–Kier alpha value is -0.730. The summed E-state index contributed by atoms with van der Waals surface area (Å²) in [5.74, 6) is -1.59. The fourth-order valence-electron chi connectivity index (χ4n) is 0.824. The van der Waals surface area contributed by atoms with E-state index in [1.54, 1.807) is 20.8 Å². The molecular weight excluding hydrogens is 159 g/mol. The lowest BCUT2D eigenvalue weighted by Gasteiger charge is -2.07. The lowest BCUT2D eigenvalue weighted by molar-refractivity contribution is -0.135. The first-order valence-electron chi connectivity index (χ1n) is 4.21. The van der Waals surface area contributed by atoms with E-state index in [4.69, 9.17) is 0 Å². The molecule has 0 amide bonds. The van der Waals surface area contributed by atoms with E-state index >= 15 is 0 Å². The minimum atomic E-state index is -1.90. The molecule has 0 saturated carbocycles. The molecule has 0 rings (SSSR count). The molecule has 0 aliphatic carbocycles. The van der Waals surface area contributed by atoms with E-state index < -0.39 is 23.7 Å². The number of Topliss-reactive ketones (excluding diaryl/α,β-unsaturated/α-hetero) is 2. The van der Waals surface area contributed by atoms with Gasteiger partial charge in [-0.2, -0.15) is 0 Å². The molecule has 0 aliphatic rings. The Morgan fingerprint density at radius 2 is 1.83 bits per heavy atom. The Morgan fingerprint density at radius 3 is 2.17 bits per heavy atom. The van der Waals surface area contributed by atoms with Crippen molar-refractivity contribution >= 4 is 11.6 Å². The molecule has 0 fully saturated rings. The summed E-state index contributed by atoms with van der Waals surface area (Å²) < 4.78 is 12.9.